The molecule has 32 heavy (non-hydrogen) atoms. The Kier molecular flexibility index (Phi) is 6.73. The predicted octanol–water partition coefficient (Wildman–Crippen LogP) is 6.58. The maximum absolute atomic E-state index is 13.1. The second-order valence-electron chi connectivity index (χ2n) is 9.22. The number of fused-ring (bicyclic) bond motifs is 1. The molecule has 3 rings (SSSR count). The first-order valence-electron chi connectivity index (χ1n) is 10.1. The molecule has 0 aliphatic heterocycles. The van der Waals surface area contributed by atoms with E-state index in [2.05, 4.69) is 32.6 Å². The van der Waals surface area contributed by atoms with Crippen LogP contribution < -0.4 is 4.90 Å². The lowest BCUT2D eigenvalue weighted by Gasteiger charge is -2.28. The quantitative estimate of drug-likeness (QED) is 0.338. The fourth-order valence-corrected chi connectivity index (χ4v) is 3.57. The summed E-state index contributed by atoms with van der Waals surface area (Å²) >= 11 is 2.18. The predicted molar refractivity (Wildman–Crippen MR) is 133 cm³/mol. The summed E-state index contributed by atoms with van der Waals surface area (Å²) in [5, 5.41) is 1.48. The van der Waals surface area contributed by atoms with Gasteiger partial charge in [-0.05, 0) is 93.5 Å². The number of amides is 2. The van der Waals surface area contributed by atoms with E-state index in [0.717, 1.165) is 25.0 Å². The third-order valence-electron chi connectivity index (χ3n) is 4.20. The molecule has 168 valence electrons. The number of hydrogen-bond donors (Lipinski definition) is 0. The van der Waals surface area contributed by atoms with Gasteiger partial charge in [-0.15, -0.1) is 0 Å². The molecule has 0 bridgehead atoms. The van der Waals surface area contributed by atoms with Gasteiger partial charge in [0.25, 0.3) is 0 Å². The van der Waals surface area contributed by atoms with E-state index in [9.17, 15) is 9.59 Å². The first-order chi connectivity index (χ1) is 14.9. The number of anilines is 1. The summed E-state index contributed by atoms with van der Waals surface area (Å²) < 4.78 is 11.9. The highest BCUT2D eigenvalue weighted by Crippen LogP contribution is 2.33. The molecule has 0 saturated carbocycles. The summed E-state index contributed by atoms with van der Waals surface area (Å²) in [4.78, 5) is 35.6. The summed E-state index contributed by atoms with van der Waals surface area (Å²) in [6.45, 7) is 10.4. The standard InChI is InChI=1S/C24H26IN3O4/c1-23(2,3)31-21(29)28(22(30)32-24(4,5)6)20-18-13-16(15-9-11-26-12-10-15)7-8-17(18)19(25)14-27-20/h7-14H,1-6H3. The van der Waals surface area contributed by atoms with Gasteiger partial charge in [-0.3, -0.25) is 4.98 Å². The summed E-state index contributed by atoms with van der Waals surface area (Å²) in [6.07, 6.45) is 3.33. The van der Waals surface area contributed by atoms with Crippen molar-refractivity contribution in [3.8, 4) is 11.1 Å². The minimum atomic E-state index is -0.851. The zero-order chi connectivity index (χ0) is 23.7. The Labute approximate surface area is 201 Å². The Balaban J connectivity index is 2.21. The third-order valence-corrected chi connectivity index (χ3v) is 5.06. The van der Waals surface area contributed by atoms with E-state index in [4.69, 9.17) is 9.47 Å². The molecular formula is C24H26IN3O4. The highest BCUT2D eigenvalue weighted by Gasteiger charge is 2.34. The Hall–Kier alpha value is -2.75. The molecule has 2 aromatic heterocycles. The maximum atomic E-state index is 13.1. The van der Waals surface area contributed by atoms with Crippen LogP contribution in [0, 0.1) is 3.57 Å². The fraction of sp³-hybridized carbons (Fsp3) is 0.333. The van der Waals surface area contributed by atoms with Crippen LogP contribution in [0.1, 0.15) is 41.5 Å². The van der Waals surface area contributed by atoms with Crippen molar-refractivity contribution in [3.05, 3.63) is 52.5 Å². The van der Waals surface area contributed by atoms with E-state index < -0.39 is 23.4 Å². The molecular weight excluding hydrogens is 521 g/mol. The Bertz CT molecular complexity index is 1120. The van der Waals surface area contributed by atoms with Crippen LogP contribution in [0.25, 0.3) is 21.9 Å². The van der Waals surface area contributed by atoms with E-state index in [1.54, 1.807) is 60.1 Å². The average molecular weight is 547 g/mol. The minimum absolute atomic E-state index is 0.153. The van der Waals surface area contributed by atoms with Gasteiger partial charge in [-0.25, -0.2) is 14.6 Å². The first kappa shape index (κ1) is 23.9. The minimum Gasteiger partial charge on any atom is -0.443 e. The van der Waals surface area contributed by atoms with Crippen LogP contribution >= 0.6 is 22.6 Å². The lowest BCUT2D eigenvalue weighted by atomic mass is 10.0. The molecule has 0 atom stereocenters. The van der Waals surface area contributed by atoms with Gasteiger partial charge < -0.3 is 9.47 Å². The van der Waals surface area contributed by atoms with E-state index in [0.29, 0.717) is 5.39 Å². The molecule has 0 aliphatic rings. The first-order valence-corrected chi connectivity index (χ1v) is 11.2. The summed E-state index contributed by atoms with van der Waals surface area (Å²) in [5.41, 5.74) is 0.239. The molecule has 2 heterocycles. The van der Waals surface area contributed by atoms with Crippen molar-refractivity contribution >= 4 is 51.4 Å². The van der Waals surface area contributed by atoms with Gasteiger partial charge in [0.15, 0.2) is 5.82 Å². The average Bonchev–Trinajstić information content (AvgIpc) is 2.67. The Morgan fingerprint density at radius 2 is 1.41 bits per heavy atom. The number of pyridine rings is 2. The third kappa shape index (κ3) is 5.73. The van der Waals surface area contributed by atoms with Gasteiger partial charge >= 0.3 is 12.2 Å². The van der Waals surface area contributed by atoms with Crippen molar-refractivity contribution in [3.63, 3.8) is 0 Å². The van der Waals surface area contributed by atoms with Gasteiger partial charge in [0.2, 0.25) is 0 Å². The molecule has 0 saturated heterocycles. The molecule has 0 radical (unpaired) electrons. The van der Waals surface area contributed by atoms with Crippen molar-refractivity contribution in [2.24, 2.45) is 0 Å². The topological polar surface area (TPSA) is 81.6 Å². The monoisotopic (exact) mass is 547 g/mol. The molecule has 0 aliphatic carbocycles. The van der Waals surface area contributed by atoms with Crippen molar-refractivity contribution < 1.29 is 19.1 Å². The molecule has 3 aromatic rings. The zero-order valence-corrected chi connectivity index (χ0v) is 21.1. The van der Waals surface area contributed by atoms with Gasteiger partial charge in [0, 0.05) is 32.9 Å². The highest BCUT2D eigenvalue weighted by atomic mass is 127. The number of hydrogen-bond acceptors (Lipinski definition) is 6. The normalized spacial score (nSPS) is 11.8. The number of ether oxygens (including phenoxy) is 2. The van der Waals surface area contributed by atoms with Gasteiger partial charge in [-0.2, -0.15) is 4.90 Å². The second-order valence-corrected chi connectivity index (χ2v) is 10.4. The largest absolute Gasteiger partial charge is 0.443 e. The smallest absolute Gasteiger partial charge is 0.425 e. The van der Waals surface area contributed by atoms with Crippen LogP contribution in [0.3, 0.4) is 0 Å². The van der Waals surface area contributed by atoms with E-state index in [1.807, 2.05) is 30.3 Å². The summed E-state index contributed by atoms with van der Waals surface area (Å²) in [6, 6.07) is 9.61. The maximum Gasteiger partial charge on any atom is 0.425 e. The number of carbonyl (C=O) groups is 2. The van der Waals surface area contributed by atoms with Gasteiger partial charge in [0.1, 0.15) is 11.2 Å². The molecule has 8 heteroatoms. The van der Waals surface area contributed by atoms with Gasteiger partial charge in [0.05, 0.1) is 0 Å². The number of rotatable bonds is 2. The van der Waals surface area contributed by atoms with Gasteiger partial charge in [-0.1, -0.05) is 12.1 Å². The number of imide groups is 1. The molecule has 0 N–H and O–H groups in total. The van der Waals surface area contributed by atoms with Crippen LogP contribution in [0.2, 0.25) is 0 Å². The van der Waals surface area contributed by atoms with Crippen LogP contribution in [0.4, 0.5) is 15.4 Å². The number of benzene rings is 1. The molecule has 1 aromatic carbocycles. The molecule has 0 fully saturated rings. The van der Waals surface area contributed by atoms with Crippen molar-refractivity contribution in [2.45, 2.75) is 52.7 Å². The van der Waals surface area contributed by atoms with Crippen LogP contribution in [-0.2, 0) is 9.47 Å². The summed E-state index contributed by atoms with van der Waals surface area (Å²) in [5.74, 6) is 0.153. The second kappa shape index (κ2) is 9.01. The SMILES string of the molecule is CC(C)(C)OC(=O)N(C(=O)OC(C)(C)C)c1ncc(I)c2ccc(-c3ccncc3)cc12. The summed E-state index contributed by atoms with van der Waals surface area (Å²) in [7, 11) is 0. The lowest BCUT2D eigenvalue weighted by Crippen LogP contribution is -2.44. The van der Waals surface area contributed by atoms with Crippen molar-refractivity contribution in [1.82, 2.24) is 9.97 Å². The Morgan fingerprint density at radius 1 is 0.844 bits per heavy atom. The molecule has 7 nitrogen and oxygen atoms in total. The van der Waals surface area contributed by atoms with E-state index in [1.165, 1.54) is 0 Å². The van der Waals surface area contributed by atoms with Crippen molar-refractivity contribution in [1.29, 1.82) is 0 Å². The fourth-order valence-electron chi connectivity index (χ4n) is 2.96. The Morgan fingerprint density at radius 3 is 1.94 bits per heavy atom. The highest BCUT2D eigenvalue weighted by molar-refractivity contribution is 14.1. The van der Waals surface area contributed by atoms with Crippen LogP contribution in [0.15, 0.2) is 48.9 Å². The van der Waals surface area contributed by atoms with Crippen LogP contribution in [-0.4, -0.2) is 33.4 Å². The number of carbonyl (C=O) groups excluding carboxylic acids is 2. The van der Waals surface area contributed by atoms with E-state index in [-0.39, 0.29) is 5.82 Å². The molecule has 0 unspecified atom stereocenters. The zero-order valence-electron chi connectivity index (χ0n) is 19.0. The number of halogens is 1. The lowest BCUT2D eigenvalue weighted by molar-refractivity contribution is 0.0429. The van der Waals surface area contributed by atoms with Crippen LogP contribution in [0.5, 0.6) is 0 Å². The van der Waals surface area contributed by atoms with E-state index >= 15 is 0 Å². The number of nitrogens with zero attached hydrogens (tertiary/aromatic N) is 3. The molecule has 0 spiro atoms. The molecule has 2 amide bonds. The van der Waals surface area contributed by atoms with Crippen molar-refractivity contribution in [2.75, 3.05) is 4.90 Å². The number of aromatic nitrogens is 2.